The van der Waals surface area contributed by atoms with Crippen molar-refractivity contribution in [2.45, 2.75) is 33.9 Å². The van der Waals surface area contributed by atoms with Crippen LogP contribution in [0.3, 0.4) is 0 Å². The van der Waals surface area contributed by atoms with Crippen molar-refractivity contribution in [3.8, 4) is 45.5 Å². The van der Waals surface area contributed by atoms with E-state index in [0.717, 1.165) is 55.6 Å². The first-order valence-corrected chi connectivity index (χ1v) is 17.2. The second kappa shape index (κ2) is 13.9. The number of aryl methyl sites for hydroxylation is 4. The summed E-state index contributed by atoms with van der Waals surface area (Å²) in [6, 6.07) is 40.6. The number of rotatable bonds is 8. The molecule has 0 saturated carbocycles. The number of nitriles is 2. The second-order valence-corrected chi connectivity index (χ2v) is 13.5. The zero-order valence-electron chi connectivity index (χ0n) is 30.0. The Hall–Kier alpha value is -6.70. The Morgan fingerprint density at radius 1 is 0.673 bits per heavy atom. The van der Waals surface area contributed by atoms with E-state index < -0.39 is 0 Å². The molecule has 0 atom stereocenters. The van der Waals surface area contributed by atoms with Crippen LogP contribution < -0.4 is 10.5 Å². The third-order valence-corrected chi connectivity index (χ3v) is 9.73. The van der Waals surface area contributed by atoms with Crippen LogP contribution in [0.5, 0.6) is 0 Å². The molecule has 0 unspecified atom stereocenters. The van der Waals surface area contributed by atoms with Gasteiger partial charge in [-0.3, -0.25) is 9.36 Å². The standard InChI is InChI=1S/C45H38N6O/c1-29-20-30(2)41(31(3)21-29)40-28-49(4)43-42(40)44(52)50(5)45(48-43)51(26-32-16-18-38(36(22-32)24-46)34-12-8-6-9-13-34)27-33-17-19-39(37(23-33)25-47)35-14-10-7-11-15-35/h6-23,28H,26-27H2,1-5H3. The fourth-order valence-electron chi connectivity index (χ4n) is 7.41. The first-order valence-electron chi connectivity index (χ1n) is 17.2. The molecule has 2 aromatic heterocycles. The average molecular weight is 679 g/mol. The van der Waals surface area contributed by atoms with Gasteiger partial charge >= 0.3 is 0 Å². The normalized spacial score (nSPS) is 11.0. The quantitative estimate of drug-likeness (QED) is 0.160. The van der Waals surface area contributed by atoms with Crippen LogP contribution in [0.25, 0.3) is 44.4 Å². The van der Waals surface area contributed by atoms with Crippen molar-refractivity contribution in [3.63, 3.8) is 0 Å². The van der Waals surface area contributed by atoms with Crippen molar-refractivity contribution in [2.75, 3.05) is 4.90 Å². The summed E-state index contributed by atoms with van der Waals surface area (Å²) in [6.07, 6.45) is 2.00. The molecule has 7 heteroatoms. The first kappa shape index (κ1) is 33.8. The molecule has 0 amide bonds. The van der Waals surface area contributed by atoms with Crippen LogP contribution in [0, 0.1) is 43.4 Å². The highest BCUT2D eigenvalue weighted by atomic mass is 16.1. The van der Waals surface area contributed by atoms with E-state index in [2.05, 4.69) is 45.0 Å². The summed E-state index contributed by atoms with van der Waals surface area (Å²) in [5.41, 5.74) is 12.3. The van der Waals surface area contributed by atoms with E-state index in [1.807, 2.05) is 120 Å². The third kappa shape index (κ3) is 6.25. The van der Waals surface area contributed by atoms with Gasteiger partial charge in [0.2, 0.25) is 5.95 Å². The molecule has 0 saturated heterocycles. The fourth-order valence-corrected chi connectivity index (χ4v) is 7.41. The van der Waals surface area contributed by atoms with E-state index in [1.54, 1.807) is 11.6 Å². The van der Waals surface area contributed by atoms with Crippen molar-refractivity contribution in [3.05, 3.63) is 165 Å². The molecule has 0 N–H and O–H groups in total. The zero-order valence-corrected chi connectivity index (χ0v) is 30.0. The van der Waals surface area contributed by atoms with Gasteiger partial charge < -0.3 is 9.47 Å². The molecule has 0 radical (unpaired) electrons. The molecule has 2 heterocycles. The highest BCUT2D eigenvalue weighted by Crippen LogP contribution is 2.35. The minimum atomic E-state index is -0.144. The third-order valence-electron chi connectivity index (χ3n) is 9.73. The number of aromatic nitrogens is 3. The molecular weight excluding hydrogens is 641 g/mol. The van der Waals surface area contributed by atoms with Crippen LogP contribution >= 0.6 is 0 Å². The molecule has 254 valence electrons. The van der Waals surface area contributed by atoms with Crippen molar-refractivity contribution >= 4 is 17.0 Å². The summed E-state index contributed by atoms with van der Waals surface area (Å²) in [7, 11) is 3.69. The van der Waals surface area contributed by atoms with Gasteiger partial charge in [-0.1, -0.05) is 103 Å². The molecular formula is C45H38N6O. The molecule has 0 aliphatic carbocycles. The highest BCUT2D eigenvalue weighted by Gasteiger charge is 2.23. The molecule has 7 aromatic rings. The number of hydrogen-bond donors (Lipinski definition) is 0. The predicted molar refractivity (Wildman–Crippen MR) is 209 cm³/mol. The van der Waals surface area contributed by atoms with Gasteiger partial charge in [0.05, 0.1) is 28.7 Å². The predicted octanol–water partition coefficient (Wildman–Crippen LogP) is 9.15. The van der Waals surface area contributed by atoms with Crippen molar-refractivity contribution < 1.29 is 0 Å². The highest BCUT2D eigenvalue weighted by molar-refractivity contribution is 5.96. The SMILES string of the molecule is Cc1cc(C)c(-c2cn(C)c3nc(N(Cc4ccc(-c5ccccc5)c(C#N)c4)Cc4ccc(-c5ccccc5)c(C#N)c4)n(C)c(=O)c23)c(C)c1. The van der Waals surface area contributed by atoms with Gasteiger partial charge in [0.25, 0.3) is 5.56 Å². The molecule has 0 fully saturated rings. The van der Waals surface area contributed by atoms with Gasteiger partial charge in [-0.2, -0.15) is 15.5 Å². The van der Waals surface area contributed by atoms with E-state index >= 15 is 0 Å². The lowest BCUT2D eigenvalue weighted by Crippen LogP contribution is -2.31. The summed E-state index contributed by atoms with van der Waals surface area (Å²) in [4.78, 5) is 21.7. The van der Waals surface area contributed by atoms with Gasteiger partial charge in [-0.15, -0.1) is 0 Å². The van der Waals surface area contributed by atoms with Crippen LogP contribution in [0.2, 0.25) is 0 Å². The molecule has 0 aliphatic heterocycles. The van der Waals surface area contributed by atoms with Crippen molar-refractivity contribution in [1.82, 2.24) is 14.1 Å². The first-order chi connectivity index (χ1) is 25.2. The number of anilines is 1. The molecule has 5 aromatic carbocycles. The largest absolute Gasteiger partial charge is 0.335 e. The zero-order chi connectivity index (χ0) is 36.5. The Labute approximate surface area is 303 Å². The Balaban J connectivity index is 1.36. The molecule has 7 nitrogen and oxygen atoms in total. The maximum absolute atomic E-state index is 14.5. The lowest BCUT2D eigenvalue weighted by atomic mass is 9.94. The maximum Gasteiger partial charge on any atom is 0.264 e. The van der Waals surface area contributed by atoms with Crippen LogP contribution in [-0.4, -0.2) is 14.1 Å². The Morgan fingerprint density at radius 3 is 1.65 bits per heavy atom. The Morgan fingerprint density at radius 2 is 1.17 bits per heavy atom. The van der Waals surface area contributed by atoms with Gasteiger partial charge in [0, 0.05) is 38.9 Å². The lowest BCUT2D eigenvalue weighted by molar-refractivity contribution is 0.706. The summed E-state index contributed by atoms with van der Waals surface area (Å²) in [5, 5.41) is 21.0. The molecule has 7 rings (SSSR count). The van der Waals surface area contributed by atoms with Gasteiger partial charge in [-0.25, -0.2) is 0 Å². The number of hydrogen-bond acceptors (Lipinski definition) is 5. The Kier molecular flexibility index (Phi) is 9.03. The van der Waals surface area contributed by atoms with Crippen LogP contribution in [0.15, 0.2) is 120 Å². The van der Waals surface area contributed by atoms with E-state index in [4.69, 9.17) is 4.98 Å². The topological polar surface area (TPSA) is 90.6 Å². The van der Waals surface area contributed by atoms with Crippen LogP contribution in [-0.2, 0) is 27.2 Å². The summed E-state index contributed by atoms with van der Waals surface area (Å²) in [5.74, 6) is 0.485. The summed E-state index contributed by atoms with van der Waals surface area (Å²) >= 11 is 0. The van der Waals surface area contributed by atoms with E-state index in [-0.39, 0.29) is 5.56 Å². The van der Waals surface area contributed by atoms with Crippen LogP contribution in [0.4, 0.5) is 5.95 Å². The van der Waals surface area contributed by atoms with Gasteiger partial charge in [0.1, 0.15) is 5.65 Å². The van der Waals surface area contributed by atoms with E-state index in [1.165, 1.54) is 5.56 Å². The summed E-state index contributed by atoms with van der Waals surface area (Å²) in [6.45, 7) is 6.98. The van der Waals surface area contributed by atoms with Gasteiger partial charge in [0.15, 0.2) is 0 Å². The van der Waals surface area contributed by atoms with E-state index in [9.17, 15) is 15.3 Å². The fraction of sp³-hybridized carbons (Fsp3) is 0.156. The summed E-state index contributed by atoms with van der Waals surface area (Å²) < 4.78 is 3.55. The monoisotopic (exact) mass is 678 g/mol. The smallest absolute Gasteiger partial charge is 0.264 e. The minimum absolute atomic E-state index is 0.144. The lowest BCUT2D eigenvalue weighted by Gasteiger charge is -2.26. The van der Waals surface area contributed by atoms with Crippen molar-refractivity contribution in [1.29, 1.82) is 10.5 Å². The van der Waals surface area contributed by atoms with Crippen LogP contribution in [0.1, 0.15) is 38.9 Å². The number of fused-ring (bicyclic) bond motifs is 1. The average Bonchev–Trinajstić information content (AvgIpc) is 3.47. The molecule has 52 heavy (non-hydrogen) atoms. The molecule has 0 bridgehead atoms. The van der Waals surface area contributed by atoms with Crippen molar-refractivity contribution in [2.24, 2.45) is 14.1 Å². The number of nitrogens with zero attached hydrogens (tertiary/aromatic N) is 6. The molecule has 0 spiro atoms. The molecule has 0 aliphatic rings. The Bertz CT molecular complexity index is 2490. The van der Waals surface area contributed by atoms with E-state index in [0.29, 0.717) is 41.2 Å². The van der Waals surface area contributed by atoms with Gasteiger partial charge in [-0.05, 0) is 83.0 Å². The minimum Gasteiger partial charge on any atom is -0.335 e. The number of benzene rings is 5. The maximum atomic E-state index is 14.5. The second-order valence-electron chi connectivity index (χ2n) is 13.5.